The minimum absolute atomic E-state index is 0.199. The Labute approximate surface area is 132 Å². The second-order valence-electron chi connectivity index (χ2n) is 5.72. The van der Waals surface area contributed by atoms with Crippen LogP contribution in [-0.4, -0.2) is 22.2 Å². The summed E-state index contributed by atoms with van der Waals surface area (Å²) in [6.45, 7) is 9.20. The molecule has 0 saturated carbocycles. The van der Waals surface area contributed by atoms with Crippen molar-refractivity contribution in [3.05, 3.63) is 30.0 Å². The van der Waals surface area contributed by atoms with Crippen molar-refractivity contribution in [1.29, 1.82) is 0 Å². The van der Waals surface area contributed by atoms with Gasteiger partial charge in [0.2, 0.25) is 0 Å². The van der Waals surface area contributed by atoms with Gasteiger partial charge in [0.15, 0.2) is 0 Å². The summed E-state index contributed by atoms with van der Waals surface area (Å²) in [5.41, 5.74) is 2.54. The number of aryl methyl sites for hydroxylation is 1. The molecule has 0 amide bonds. The lowest BCUT2D eigenvalue weighted by Crippen LogP contribution is -2.34. The summed E-state index contributed by atoms with van der Waals surface area (Å²) < 4.78 is 2.07. The minimum Gasteiger partial charge on any atom is -0.310 e. The number of rotatable bonds is 8. The van der Waals surface area contributed by atoms with E-state index < -0.39 is 0 Å². The molecule has 1 N–H and O–H groups in total. The van der Waals surface area contributed by atoms with Crippen molar-refractivity contribution >= 4 is 22.5 Å². The second-order valence-corrected chi connectivity index (χ2v) is 5.99. The lowest BCUT2D eigenvalue weighted by Gasteiger charge is -2.29. The van der Waals surface area contributed by atoms with Crippen LogP contribution in [0.1, 0.15) is 39.3 Å². The Morgan fingerprint density at radius 2 is 1.90 bits per heavy atom. The van der Waals surface area contributed by atoms with Gasteiger partial charge in [-0.3, -0.25) is 4.68 Å². The molecule has 0 radical (unpaired) electrons. The highest BCUT2D eigenvalue weighted by Crippen LogP contribution is 2.27. The normalized spacial score (nSPS) is 12.2. The van der Waals surface area contributed by atoms with Gasteiger partial charge in [0.05, 0.1) is 11.2 Å². The number of fused-ring (bicyclic) bond motifs is 1. The average molecular weight is 308 g/mol. The first-order chi connectivity index (χ1) is 10.2. The Morgan fingerprint density at radius 1 is 1.19 bits per heavy atom. The van der Waals surface area contributed by atoms with Crippen molar-refractivity contribution in [2.45, 2.75) is 46.7 Å². The Balaban J connectivity index is 2.10. The summed E-state index contributed by atoms with van der Waals surface area (Å²) >= 11 is 6.17. The number of hydrogen-bond donors (Lipinski definition) is 1. The van der Waals surface area contributed by atoms with Crippen LogP contribution in [-0.2, 0) is 13.1 Å². The monoisotopic (exact) mass is 307 g/mol. The van der Waals surface area contributed by atoms with E-state index in [-0.39, 0.29) is 5.41 Å². The minimum atomic E-state index is 0.199. The first-order valence-corrected chi connectivity index (χ1v) is 8.44. The van der Waals surface area contributed by atoms with E-state index in [1.165, 1.54) is 10.9 Å². The fourth-order valence-corrected chi connectivity index (χ4v) is 3.22. The number of nitrogens with one attached hydrogen (secondary N) is 1. The third-order valence-electron chi connectivity index (χ3n) is 4.61. The fraction of sp³-hybridized carbons (Fsp3) is 0.588. The van der Waals surface area contributed by atoms with Crippen LogP contribution in [0.3, 0.4) is 0 Å². The number of para-hydroxylation sites is 1. The zero-order chi connectivity index (χ0) is 15.3. The molecule has 0 atom stereocenters. The smallest absolute Gasteiger partial charge is 0.0841 e. The van der Waals surface area contributed by atoms with Crippen LogP contribution in [0.15, 0.2) is 24.3 Å². The highest BCUT2D eigenvalue weighted by Gasteiger charge is 2.24. The van der Waals surface area contributed by atoms with Crippen molar-refractivity contribution < 1.29 is 0 Å². The number of alkyl halides is 1. The van der Waals surface area contributed by atoms with Crippen molar-refractivity contribution in [1.82, 2.24) is 15.1 Å². The molecule has 0 saturated heterocycles. The van der Waals surface area contributed by atoms with Crippen LogP contribution in [0.2, 0.25) is 0 Å². The molecule has 4 heteroatoms. The highest BCUT2D eigenvalue weighted by molar-refractivity contribution is 6.18. The van der Waals surface area contributed by atoms with Gasteiger partial charge < -0.3 is 5.32 Å². The zero-order valence-corrected chi connectivity index (χ0v) is 14.1. The standard InChI is InChI=1S/C17H26ClN3/c1-4-17(5-2,12-18)13-19-11-15-14-9-7-8-10-16(14)21(6-3)20-15/h7-10,19H,4-6,11-13H2,1-3H3. The first-order valence-electron chi connectivity index (χ1n) is 7.90. The number of halogens is 1. The molecule has 2 rings (SSSR count). The molecule has 0 spiro atoms. The van der Waals surface area contributed by atoms with Crippen molar-refractivity contribution in [3.63, 3.8) is 0 Å². The van der Waals surface area contributed by atoms with Gasteiger partial charge in [-0.1, -0.05) is 32.0 Å². The molecule has 1 heterocycles. The van der Waals surface area contributed by atoms with E-state index in [0.29, 0.717) is 5.88 Å². The van der Waals surface area contributed by atoms with Gasteiger partial charge in [0.25, 0.3) is 0 Å². The summed E-state index contributed by atoms with van der Waals surface area (Å²) in [7, 11) is 0. The number of nitrogens with zero attached hydrogens (tertiary/aromatic N) is 2. The second kappa shape index (κ2) is 7.28. The summed E-state index contributed by atoms with van der Waals surface area (Å²) in [5, 5.41) is 9.54. The quantitative estimate of drug-likeness (QED) is 0.741. The maximum atomic E-state index is 6.17. The molecule has 3 nitrogen and oxygen atoms in total. The molecule has 116 valence electrons. The third-order valence-corrected chi connectivity index (χ3v) is 5.18. The predicted molar refractivity (Wildman–Crippen MR) is 90.8 cm³/mol. The Bertz CT molecular complexity index is 564. The van der Waals surface area contributed by atoms with E-state index in [1.54, 1.807) is 0 Å². The van der Waals surface area contributed by atoms with Gasteiger partial charge in [-0.05, 0) is 31.2 Å². The van der Waals surface area contributed by atoms with Gasteiger partial charge in [-0.2, -0.15) is 5.10 Å². The van der Waals surface area contributed by atoms with Gasteiger partial charge >= 0.3 is 0 Å². The average Bonchev–Trinajstić information content (AvgIpc) is 2.90. The third kappa shape index (κ3) is 3.41. The molecular formula is C17H26ClN3. The number of hydrogen-bond acceptors (Lipinski definition) is 2. The Morgan fingerprint density at radius 3 is 2.52 bits per heavy atom. The predicted octanol–water partition coefficient (Wildman–Crippen LogP) is 4.19. The van der Waals surface area contributed by atoms with E-state index >= 15 is 0 Å². The number of aromatic nitrogens is 2. The molecule has 0 unspecified atom stereocenters. The van der Waals surface area contributed by atoms with Crippen LogP contribution in [0, 0.1) is 5.41 Å². The van der Waals surface area contributed by atoms with Gasteiger partial charge in [-0.25, -0.2) is 0 Å². The van der Waals surface area contributed by atoms with Crippen molar-refractivity contribution in [2.24, 2.45) is 5.41 Å². The maximum absolute atomic E-state index is 6.17. The van der Waals surface area contributed by atoms with Crippen LogP contribution < -0.4 is 5.32 Å². The molecule has 0 aliphatic carbocycles. The summed E-state index contributed by atoms with van der Waals surface area (Å²) in [6.07, 6.45) is 2.20. The van der Waals surface area contributed by atoms with Crippen molar-refractivity contribution in [2.75, 3.05) is 12.4 Å². The molecule has 1 aromatic heterocycles. The Kier molecular flexibility index (Phi) is 5.65. The molecule has 0 fully saturated rings. The molecule has 21 heavy (non-hydrogen) atoms. The Hall–Kier alpha value is -1.06. The molecule has 0 aliphatic rings. The van der Waals surface area contributed by atoms with E-state index in [9.17, 15) is 0 Å². The van der Waals surface area contributed by atoms with Crippen molar-refractivity contribution in [3.8, 4) is 0 Å². The van der Waals surface area contributed by atoms with E-state index in [0.717, 1.165) is 38.2 Å². The maximum Gasteiger partial charge on any atom is 0.0841 e. The van der Waals surface area contributed by atoms with Crippen LogP contribution in [0.4, 0.5) is 0 Å². The topological polar surface area (TPSA) is 29.9 Å². The summed E-state index contributed by atoms with van der Waals surface area (Å²) in [6, 6.07) is 8.44. The van der Waals surface area contributed by atoms with Gasteiger partial charge in [0, 0.05) is 30.9 Å². The SMILES string of the molecule is CCn1nc(CNCC(CC)(CC)CCl)c2ccccc21. The largest absolute Gasteiger partial charge is 0.310 e. The molecular weight excluding hydrogens is 282 g/mol. The highest BCUT2D eigenvalue weighted by atomic mass is 35.5. The van der Waals surface area contributed by atoms with E-state index in [1.807, 2.05) is 0 Å². The molecule has 0 aliphatic heterocycles. The zero-order valence-electron chi connectivity index (χ0n) is 13.3. The number of benzene rings is 1. The van der Waals surface area contributed by atoms with Crippen LogP contribution in [0.25, 0.3) is 10.9 Å². The molecule has 0 bridgehead atoms. The van der Waals surface area contributed by atoms with E-state index in [2.05, 4.69) is 55.0 Å². The molecule has 1 aromatic carbocycles. The van der Waals surface area contributed by atoms with Crippen LogP contribution >= 0.6 is 11.6 Å². The summed E-state index contributed by atoms with van der Waals surface area (Å²) in [5.74, 6) is 0.706. The molecule has 2 aromatic rings. The van der Waals surface area contributed by atoms with E-state index in [4.69, 9.17) is 16.7 Å². The fourth-order valence-electron chi connectivity index (χ4n) is 2.75. The van der Waals surface area contributed by atoms with Gasteiger partial charge in [0.1, 0.15) is 0 Å². The lowest BCUT2D eigenvalue weighted by atomic mass is 9.84. The van der Waals surface area contributed by atoms with Gasteiger partial charge in [-0.15, -0.1) is 11.6 Å². The summed E-state index contributed by atoms with van der Waals surface area (Å²) in [4.78, 5) is 0. The first kappa shape index (κ1) is 16.3. The van der Waals surface area contributed by atoms with Crippen LogP contribution in [0.5, 0.6) is 0 Å². The lowest BCUT2D eigenvalue weighted by molar-refractivity contribution is 0.285.